The van der Waals surface area contributed by atoms with Gasteiger partial charge < -0.3 is 9.80 Å². The van der Waals surface area contributed by atoms with Crippen molar-refractivity contribution in [1.82, 2.24) is 9.80 Å². The number of benzene rings is 1. The Morgan fingerprint density at radius 2 is 1.84 bits per heavy atom. The van der Waals surface area contributed by atoms with Crippen LogP contribution in [0.3, 0.4) is 0 Å². The van der Waals surface area contributed by atoms with E-state index >= 15 is 0 Å². The first-order valence-corrected chi connectivity index (χ1v) is 7.29. The lowest BCUT2D eigenvalue weighted by Crippen LogP contribution is -2.64. The van der Waals surface area contributed by atoms with Crippen LogP contribution in [0.5, 0.6) is 0 Å². The Kier molecular flexibility index (Phi) is 3.31. The molecule has 0 atom stereocenters. The van der Waals surface area contributed by atoms with Crippen molar-refractivity contribution in [2.75, 3.05) is 26.2 Å². The number of likely N-dealkylation sites (tertiary alicyclic amines) is 2. The minimum atomic E-state index is -0.0134. The fraction of sp³-hybridized carbons (Fsp3) is 0.562. The van der Waals surface area contributed by atoms with E-state index in [0.717, 1.165) is 45.6 Å². The minimum absolute atomic E-state index is 0.0134. The van der Waals surface area contributed by atoms with E-state index in [1.54, 1.807) is 0 Å². The molecule has 2 aliphatic rings. The molecule has 2 aliphatic heterocycles. The molecule has 0 bridgehead atoms. The summed E-state index contributed by atoms with van der Waals surface area (Å²) in [5, 5.41) is 0. The second-order valence-electron chi connectivity index (χ2n) is 5.86. The van der Waals surface area contributed by atoms with Gasteiger partial charge in [0.1, 0.15) is 0 Å². The van der Waals surface area contributed by atoms with E-state index in [-0.39, 0.29) is 5.41 Å². The number of hydrogen-bond acceptors (Lipinski definition) is 2. The smallest absolute Gasteiger partial charge is 0.231 e. The zero-order valence-electron chi connectivity index (χ0n) is 11.6. The first-order valence-electron chi connectivity index (χ1n) is 7.29. The fourth-order valence-corrected chi connectivity index (χ4v) is 3.35. The molecule has 3 nitrogen and oxygen atoms in total. The monoisotopic (exact) mass is 258 g/mol. The average Bonchev–Trinajstić information content (AvgIpc) is 2.48. The zero-order valence-corrected chi connectivity index (χ0v) is 11.6. The number of hydrogen-bond donors (Lipinski definition) is 0. The van der Waals surface area contributed by atoms with Crippen molar-refractivity contribution in [2.45, 2.75) is 26.3 Å². The lowest BCUT2D eigenvalue weighted by Gasteiger charge is -2.52. The van der Waals surface area contributed by atoms with E-state index in [4.69, 9.17) is 0 Å². The van der Waals surface area contributed by atoms with Crippen molar-refractivity contribution < 1.29 is 4.79 Å². The molecule has 0 N–H and O–H groups in total. The standard InChI is InChI=1S/C16H22N2O/c1-2-17-10-8-16(9-11-17)13-18(15(16)19)12-14-6-4-3-5-7-14/h3-7H,2,8-13H2,1H3. The van der Waals surface area contributed by atoms with Crippen LogP contribution < -0.4 is 0 Å². The molecule has 2 saturated heterocycles. The summed E-state index contributed by atoms with van der Waals surface area (Å²) in [6.07, 6.45) is 2.09. The summed E-state index contributed by atoms with van der Waals surface area (Å²) in [7, 11) is 0. The first-order chi connectivity index (χ1) is 9.23. The second-order valence-corrected chi connectivity index (χ2v) is 5.86. The fourth-order valence-electron chi connectivity index (χ4n) is 3.35. The molecular formula is C16H22N2O. The molecule has 1 aromatic carbocycles. The molecule has 0 aromatic heterocycles. The van der Waals surface area contributed by atoms with E-state index < -0.39 is 0 Å². The molecule has 0 unspecified atom stereocenters. The molecule has 0 radical (unpaired) electrons. The third kappa shape index (κ3) is 2.27. The van der Waals surface area contributed by atoms with E-state index in [0.29, 0.717) is 5.91 Å². The molecule has 102 valence electrons. The summed E-state index contributed by atoms with van der Waals surface area (Å²) in [6.45, 7) is 7.21. The van der Waals surface area contributed by atoms with Crippen LogP contribution in [-0.4, -0.2) is 41.9 Å². The summed E-state index contributed by atoms with van der Waals surface area (Å²) in [4.78, 5) is 16.9. The van der Waals surface area contributed by atoms with Crippen molar-refractivity contribution in [3.05, 3.63) is 35.9 Å². The van der Waals surface area contributed by atoms with E-state index in [1.165, 1.54) is 5.56 Å². The summed E-state index contributed by atoms with van der Waals surface area (Å²) < 4.78 is 0. The van der Waals surface area contributed by atoms with Gasteiger partial charge in [0.05, 0.1) is 5.41 Å². The van der Waals surface area contributed by atoms with Crippen LogP contribution in [0.15, 0.2) is 30.3 Å². The second kappa shape index (κ2) is 4.97. The van der Waals surface area contributed by atoms with Crippen molar-refractivity contribution in [3.8, 4) is 0 Å². The Morgan fingerprint density at radius 3 is 2.42 bits per heavy atom. The highest BCUT2D eigenvalue weighted by molar-refractivity contribution is 5.88. The summed E-state index contributed by atoms with van der Waals surface area (Å²) in [5.41, 5.74) is 1.22. The highest BCUT2D eigenvalue weighted by Gasteiger charge is 2.52. The maximum atomic E-state index is 12.4. The van der Waals surface area contributed by atoms with Gasteiger partial charge in [-0.3, -0.25) is 4.79 Å². The third-order valence-corrected chi connectivity index (χ3v) is 4.71. The van der Waals surface area contributed by atoms with Crippen LogP contribution in [0.25, 0.3) is 0 Å². The largest absolute Gasteiger partial charge is 0.337 e. The normalized spacial score (nSPS) is 22.6. The SMILES string of the molecule is CCN1CCC2(CC1)CN(Cc1ccccc1)C2=O. The van der Waals surface area contributed by atoms with Crippen molar-refractivity contribution in [3.63, 3.8) is 0 Å². The van der Waals surface area contributed by atoms with Crippen LogP contribution in [0.2, 0.25) is 0 Å². The first kappa shape index (κ1) is 12.7. The Labute approximate surface area is 115 Å². The Morgan fingerprint density at radius 1 is 1.16 bits per heavy atom. The van der Waals surface area contributed by atoms with Gasteiger partial charge in [-0.05, 0) is 38.0 Å². The Bertz CT molecular complexity index is 449. The lowest BCUT2D eigenvalue weighted by atomic mass is 9.71. The van der Waals surface area contributed by atoms with Crippen molar-refractivity contribution in [1.29, 1.82) is 0 Å². The number of piperidine rings is 1. The van der Waals surface area contributed by atoms with Crippen molar-refractivity contribution >= 4 is 5.91 Å². The van der Waals surface area contributed by atoms with E-state index in [9.17, 15) is 4.79 Å². The topological polar surface area (TPSA) is 23.6 Å². The number of nitrogens with zero attached hydrogens (tertiary/aromatic N) is 2. The molecule has 1 aromatic rings. The highest BCUT2D eigenvalue weighted by Crippen LogP contribution is 2.42. The minimum Gasteiger partial charge on any atom is -0.337 e. The summed E-state index contributed by atoms with van der Waals surface area (Å²) in [6, 6.07) is 10.3. The van der Waals surface area contributed by atoms with Crippen LogP contribution in [0.4, 0.5) is 0 Å². The summed E-state index contributed by atoms with van der Waals surface area (Å²) in [5.74, 6) is 0.382. The van der Waals surface area contributed by atoms with Crippen molar-refractivity contribution in [2.24, 2.45) is 5.41 Å². The maximum Gasteiger partial charge on any atom is 0.231 e. The highest BCUT2D eigenvalue weighted by atomic mass is 16.2. The lowest BCUT2D eigenvalue weighted by molar-refractivity contribution is -0.166. The molecule has 1 amide bonds. The van der Waals surface area contributed by atoms with Gasteiger partial charge in [0, 0.05) is 13.1 Å². The van der Waals surface area contributed by atoms with Gasteiger partial charge in [-0.1, -0.05) is 37.3 Å². The average molecular weight is 258 g/mol. The van der Waals surface area contributed by atoms with Gasteiger partial charge >= 0.3 is 0 Å². The Balaban J connectivity index is 1.58. The third-order valence-electron chi connectivity index (χ3n) is 4.71. The number of carbonyl (C=O) groups is 1. The Hall–Kier alpha value is -1.35. The van der Waals surface area contributed by atoms with Gasteiger partial charge in [-0.25, -0.2) is 0 Å². The number of β-lactam (4-membered cyclic amide) rings is 1. The molecule has 0 saturated carbocycles. The molecule has 19 heavy (non-hydrogen) atoms. The zero-order chi connectivity index (χ0) is 13.3. The quantitative estimate of drug-likeness (QED) is 0.775. The predicted octanol–water partition coefficient (Wildman–Crippen LogP) is 2.13. The van der Waals surface area contributed by atoms with Crippen LogP contribution in [0, 0.1) is 5.41 Å². The number of carbonyl (C=O) groups excluding carboxylic acids is 1. The van der Waals surface area contributed by atoms with E-state index in [2.05, 4.69) is 24.0 Å². The number of amides is 1. The molecule has 3 rings (SSSR count). The van der Waals surface area contributed by atoms with E-state index in [1.807, 2.05) is 23.1 Å². The van der Waals surface area contributed by atoms with Gasteiger partial charge in [-0.2, -0.15) is 0 Å². The van der Waals surface area contributed by atoms with Gasteiger partial charge in [0.25, 0.3) is 0 Å². The van der Waals surface area contributed by atoms with Gasteiger partial charge in [0.15, 0.2) is 0 Å². The van der Waals surface area contributed by atoms with Crippen LogP contribution in [-0.2, 0) is 11.3 Å². The van der Waals surface area contributed by atoms with Gasteiger partial charge in [-0.15, -0.1) is 0 Å². The molecule has 2 fully saturated rings. The summed E-state index contributed by atoms with van der Waals surface area (Å²) >= 11 is 0. The molecule has 0 aliphatic carbocycles. The molecule has 1 spiro atoms. The number of rotatable bonds is 3. The van der Waals surface area contributed by atoms with Crippen LogP contribution >= 0.6 is 0 Å². The molecular weight excluding hydrogens is 236 g/mol. The molecule has 2 heterocycles. The molecule has 3 heteroatoms. The van der Waals surface area contributed by atoms with Gasteiger partial charge in [0.2, 0.25) is 5.91 Å². The predicted molar refractivity (Wildman–Crippen MR) is 75.6 cm³/mol. The van der Waals surface area contributed by atoms with Crippen LogP contribution in [0.1, 0.15) is 25.3 Å². The maximum absolute atomic E-state index is 12.4.